The van der Waals surface area contributed by atoms with Gasteiger partial charge in [0, 0.05) is 13.1 Å². The molecule has 8 heteroatoms. The fraction of sp³-hybridized carbons (Fsp3) is 0.435. The van der Waals surface area contributed by atoms with Crippen LogP contribution in [0.5, 0.6) is 0 Å². The monoisotopic (exact) mass is 482 g/mol. The number of nitrogens with one attached hydrogen (secondary N) is 1. The van der Waals surface area contributed by atoms with Crippen LogP contribution in [-0.2, 0) is 27.0 Å². The molecule has 1 amide bonds. The molecule has 31 heavy (non-hydrogen) atoms. The van der Waals surface area contributed by atoms with E-state index < -0.39 is 10.0 Å². The molecule has 0 unspecified atom stereocenters. The van der Waals surface area contributed by atoms with Gasteiger partial charge in [0.15, 0.2) is 0 Å². The molecule has 1 heterocycles. The van der Waals surface area contributed by atoms with Gasteiger partial charge in [0.2, 0.25) is 15.9 Å². The molecule has 2 atom stereocenters. The number of piperidine rings is 1. The van der Waals surface area contributed by atoms with Crippen LogP contribution in [0.25, 0.3) is 0 Å². The minimum Gasteiger partial charge on any atom is -0.349 e. The highest BCUT2D eigenvalue weighted by molar-refractivity contribution is 7.88. The van der Waals surface area contributed by atoms with E-state index in [-0.39, 0.29) is 30.2 Å². The predicted molar refractivity (Wildman–Crippen MR) is 126 cm³/mol. The van der Waals surface area contributed by atoms with E-state index in [0.717, 1.165) is 12.0 Å². The maximum absolute atomic E-state index is 12.9. The van der Waals surface area contributed by atoms with E-state index in [4.69, 9.17) is 23.2 Å². The molecule has 0 bridgehead atoms. The zero-order valence-corrected chi connectivity index (χ0v) is 20.1. The molecule has 0 saturated carbocycles. The van der Waals surface area contributed by atoms with Crippen molar-refractivity contribution in [3.8, 4) is 0 Å². The van der Waals surface area contributed by atoms with Gasteiger partial charge in [0.05, 0.1) is 27.8 Å². The van der Waals surface area contributed by atoms with Gasteiger partial charge in [0.1, 0.15) is 0 Å². The Hall–Kier alpha value is -1.60. The van der Waals surface area contributed by atoms with Crippen molar-refractivity contribution >= 4 is 39.1 Å². The summed E-state index contributed by atoms with van der Waals surface area (Å²) < 4.78 is 27.3. The zero-order chi connectivity index (χ0) is 22.6. The summed E-state index contributed by atoms with van der Waals surface area (Å²) in [7, 11) is -3.57. The van der Waals surface area contributed by atoms with E-state index in [0.29, 0.717) is 35.0 Å². The van der Waals surface area contributed by atoms with Crippen LogP contribution in [-0.4, -0.2) is 31.7 Å². The third-order valence-electron chi connectivity index (χ3n) is 5.73. The highest BCUT2D eigenvalue weighted by Gasteiger charge is 2.33. The quantitative estimate of drug-likeness (QED) is 0.605. The van der Waals surface area contributed by atoms with Gasteiger partial charge in [-0.3, -0.25) is 4.79 Å². The van der Waals surface area contributed by atoms with Crippen molar-refractivity contribution in [1.29, 1.82) is 0 Å². The first kappa shape index (κ1) is 24.1. The van der Waals surface area contributed by atoms with Gasteiger partial charge in [-0.1, -0.05) is 60.5 Å². The van der Waals surface area contributed by atoms with Gasteiger partial charge in [-0.25, -0.2) is 12.7 Å². The number of carbonyl (C=O) groups is 1. The maximum atomic E-state index is 12.9. The van der Waals surface area contributed by atoms with Gasteiger partial charge in [0.25, 0.3) is 0 Å². The molecular formula is C23H28Cl2N2O3S. The number of halogens is 2. The first-order valence-electron chi connectivity index (χ1n) is 10.5. The molecule has 0 radical (unpaired) electrons. The summed E-state index contributed by atoms with van der Waals surface area (Å²) in [6.45, 7) is 4.66. The van der Waals surface area contributed by atoms with E-state index in [1.165, 1.54) is 9.87 Å². The van der Waals surface area contributed by atoms with Crippen molar-refractivity contribution in [2.75, 3.05) is 13.1 Å². The molecule has 3 rings (SSSR count). The van der Waals surface area contributed by atoms with Crippen molar-refractivity contribution in [1.82, 2.24) is 9.62 Å². The molecule has 2 aromatic rings. The van der Waals surface area contributed by atoms with Crippen molar-refractivity contribution in [2.45, 2.75) is 44.9 Å². The lowest BCUT2D eigenvalue weighted by Gasteiger charge is -2.32. The van der Waals surface area contributed by atoms with Crippen LogP contribution in [0.15, 0.2) is 42.5 Å². The maximum Gasteiger partial charge on any atom is 0.224 e. The summed E-state index contributed by atoms with van der Waals surface area (Å²) in [4.78, 5) is 12.9. The Balaban J connectivity index is 1.62. The summed E-state index contributed by atoms with van der Waals surface area (Å²) in [6.07, 6.45) is 2.29. The Morgan fingerprint density at radius 2 is 1.81 bits per heavy atom. The first-order valence-corrected chi connectivity index (χ1v) is 12.9. The lowest BCUT2D eigenvalue weighted by Crippen LogP contribution is -2.46. The van der Waals surface area contributed by atoms with E-state index in [9.17, 15) is 13.2 Å². The van der Waals surface area contributed by atoms with Gasteiger partial charge < -0.3 is 5.32 Å². The third kappa shape index (κ3) is 6.22. The lowest BCUT2D eigenvalue weighted by atomic mass is 9.97. The standard InChI is InChI=1S/C23H28Cl2N2O3S/c1-3-17-6-9-19(10-7-17)16(2)26-23(28)20-5-4-12-27(14-20)31(29,30)15-18-8-11-21(24)22(25)13-18/h6-11,13,16,20H,3-5,12,14-15H2,1-2H3,(H,26,28)/t16-,20+/m0/s1. The SMILES string of the molecule is CCc1ccc([C@H](C)NC(=O)[C@@H]2CCCN(S(=O)(=O)Cc3ccc(Cl)c(Cl)c3)C2)cc1. The van der Waals surface area contributed by atoms with Crippen molar-refractivity contribution < 1.29 is 13.2 Å². The number of aryl methyl sites for hydroxylation is 1. The third-order valence-corrected chi connectivity index (χ3v) is 8.28. The molecule has 5 nitrogen and oxygen atoms in total. The second-order valence-corrected chi connectivity index (χ2v) is 10.8. The van der Waals surface area contributed by atoms with E-state index >= 15 is 0 Å². The number of sulfonamides is 1. The van der Waals surface area contributed by atoms with E-state index in [2.05, 4.69) is 24.4 Å². The van der Waals surface area contributed by atoms with Gasteiger partial charge in [-0.2, -0.15) is 0 Å². The fourth-order valence-electron chi connectivity index (χ4n) is 3.80. The predicted octanol–water partition coefficient (Wildman–Crippen LogP) is 4.98. The Morgan fingerprint density at radius 3 is 2.45 bits per heavy atom. The molecule has 1 N–H and O–H groups in total. The molecule has 1 aliphatic rings. The molecule has 0 aromatic heterocycles. The van der Waals surface area contributed by atoms with E-state index in [1.54, 1.807) is 18.2 Å². The van der Waals surface area contributed by atoms with Gasteiger partial charge >= 0.3 is 0 Å². The molecule has 2 aromatic carbocycles. The number of rotatable bonds is 7. The van der Waals surface area contributed by atoms with Crippen molar-refractivity contribution in [2.24, 2.45) is 5.92 Å². The van der Waals surface area contributed by atoms with Crippen LogP contribution >= 0.6 is 23.2 Å². The Labute approximate surface area is 194 Å². The van der Waals surface area contributed by atoms with Crippen LogP contribution in [0.3, 0.4) is 0 Å². The highest BCUT2D eigenvalue weighted by atomic mass is 35.5. The average molecular weight is 483 g/mol. The minimum atomic E-state index is -3.57. The molecule has 168 valence electrons. The number of hydrogen-bond donors (Lipinski definition) is 1. The number of nitrogens with zero attached hydrogens (tertiary/aromatic N) is 1. The normalized spacial score (nSPS) is 18.5. The summed E-state index contributed by atoms with van der Waals surface area (Å²) in [5, 5.41) is 3.76. The second kappa shape index (κ2) is 10.3. The summed E-state index contributed by atoms with van der Waals surface area (Å²) >= 11 is 11.9. The number of carbonyl (C=O) groups excluding carboxylic acids is 1. The molecule has 1 saturated heterocycles. The van der Waals surface area contributed by atoms with Crippen LogP contribution in [0.4, 0.5) is 0 Å². The van der Waals surface area contributed by atoms with E-state index in [1.807, 2.05) is 19.1 Å². The fourth-order valence-corrected chi connectivity index (χ4v) is 5.72. The van der Waals surface area contributed by atoms with Gasteiger partial charge in [-0.05, 0) is 55.0 Å². The lowest BCUT2D eigenvalue weighted by molar-refractivity contribution is -0.126. The molecule has 1 aliphatic heterocycles. The first-order chi connectivity index (χ1) is 14.7. The second-order valence-electron chi connectivity index (χ2n) is 8.03. The molecule has 0 aliphatic carbocycles. The smallest absolute Gasteiger partial charge is 0.224 e. The van der Waals surface area contributed by atoms with Gasteiger partial charge in [-0.15, -0.1) is 0 Å². The summed E-state index contributed by atoms with van der Waals surface area (Å²) in [5.41, 5.74) is 2.85. The summed E-state index contributed by atoms with van der Waals surface area (Å²) in [6, 6.07) is 12.9. The van der Waals surface area contributed by atoms with Crippen LogP contribution in [0.2, 0.25) is 10.0 Å². The van der Waals surface area contributed by atoms with Crippen LogP contribution in [0.1, 0.15) is 49.4 Å². The molecule has 1 fully saturated rings. The topological polar surface area (TPSA) is 66.5 Å². The number of hydrogen-bond acceptors (Lipinski definition) is 3. The number of amides is 1. The van der Waals surface area contributed by atoms with Crippen molar-refractivity contribution in [3.63, 3.8) is 0 Å². The Kier molecular flexibility index (Phi) is 8.03. The molecular weight excluding hydrogens is 455 g/mol. The Morgan fingerprint density at radius 1 is 1.13 bits per heavy atom. The minimum absolute atomic E-state index is 0.110. The zero-order valence-electron chi connectivity index (χ0n) is 17.8. The Bertz CT molecular complexity index is 1030. The largest absolute Gasteiger partial charge is 0.349 e. The number of benzene rings is 2. The van der Waals surface area contributed by atoms with Crippen LogP contribution < -0.4 is 5.32 Å². The highest BCUT2D eigenvalue weighted by Crippen LogP contribution is 2.26. The van der Waals surface area contributed by atoms with Crippen LogP contribution in [0, 0.1) is 5.92 Å². The summed E-state index contributed by atoms with van der Waals surface area (Å²) in [5.74, 6) is -0.644. The average Bonchev–Trinajstić information content (AvgIpc) is 2.76. The van der Waals surface area contributed by atoms with Crippen molar-refractivity contribution in [3.05, 3.63) is 69.2 Å². The molecule has 0 spiro atoms.